The quantitative estimate of drug-likeness (QED) is 0.648. The van der Waals surface area contributed by atoms with E-state index in [-0.39, 0.29) is 34.5 Å². The molecule has 7 atom stereocenters. The summed E-state index contributed by atoms with van der Waals surface area (Å²) >= 11 is 0. The van der Waals surface area contributed by atoms with Gasteiger partial charge in [-0.15, -0.1) is 0 Å². The van der Waals surface area contributed by atoms with Crippen molar-refractivity contribution in [1.82, 2.24) is 0 Å². The average molecular weight is 417 g/mol. The maximum absolute atomic E-state index is 11.0. The Labute approximate surface area is 169 Å². The highest BCUT2D eigenvalue weighted by Crippen LogP contribution is 2.53. The van der Waals surface area contributed by atoms with Crippen LogP contribution in [0.4, 0.5) is 0 Å². The van der Waals surface area contributed by atoms with Crippen LogP contribution in [0.15, 0.2) is 0 Å². The molecule has 160 valence electrons. The minimum Gasteiger partial charge on any atom is -0.414 e. The van der Waals surface area contributed by atoms with Crippen LogP contribution in [-0.4, -0.2) is 50.8 Å². The van der Waals surface area contributed by atoms with Crippen LogP contribution < -0.4 is 0 Å². The molecule has 4 nitrogen and oxygen atoms in total. The van der Waals surface area contributed by atoms with E-state index in [2.05, 4.69) is 67.4 Å². The summed E-state index contributed by atoms with van der Waals surface area (Å²) in [5, 5.41) is 21.7. The average Bonchev–Trinajstić information content (AvgIpc) is 2.74. The Kier molecular flexibility index (Phi) is 6.55. The van der Waals surface area contributed by atoms with Crippen molar-refractivity contribution >= 4 is 16.6 Å². The molecule has 0 spiro atoms. The molecule has 0 aromatic carbocycles. The molecule has 2 rings (SSSR count). The highest BCUT2D eigenvalue weighted by atomic mass is 28.4. The first-order chi connectivity index (χ1) is 12.0. The topological polar surface area (TPSA) is 58.9 Å². The van der Waals surface area contributed by atoms with Gasteiger partial charge in [-0.25, -0.2) is 0 Å². The molecule has 6 heteroatoms. The molecule has 27 heavy (non-hydrogen) atoms. The third-order valence-electron chi connectivity index (χ3n) is 7.45. The van der Waals surface area contributed by atoms with Crippen LogP contribution >= 0.6 is 0 Å². The van der Waals surface area contributed by atoms with Gasteiger partial charge >= 0.3 is 0 Å². The molecule has 0 aromatic heterocycles. The lowest BCUT2D eigenvalue weighted by molar-refractivity contribution is -0.0525. The zero-order valence-electron chi connectivity index (χ0n) is 19.3. The summed E-state index contributed by atoms with van der Waals surface area (Å²) < 4.78 is 13.5. The van der Waals surface area contributed by atoms with Crippen LogP contribution in [0.1, 0.15) is 53.9 Å². The summed E-state index contributed by atoms with van der Waals surface area (Å²) in [5.41, 5.74) is -0.298. The molecule has 2 fully saturated rings. The number of hydrogen-bond donors (Lipinski definition) is 2. The monoisotopic (exact) mass is 416 g/mol. The molecule has 2 aliphatic rings. The molecular weight excluding hydrogens is 372 g/mol. The van der Waals surface area contributed by atoms with Gasteiger partial charge < -0.3 is 19.1 Å². The number of aliphatic hydroxyl groups is 2. The van der Waals surface area contributed by atoms with E-state index in [9.17, 15) is 10.2 Å². The van der Waals surface area contributed by atoms with Gasteiger partial charge in [-0.1, -0.05) is 27.7 Å². The van der Waals surface area contributed by atoms with Gasteiger partial charge in [0, 0.05) is 6.10 Å². The second-order valence-corrected chi connectivity index (χ2v) is 21.0. The molecule has 0 saturated heterocycles. The zero-order valence-corrected chi connectivity index (χ0v) is 21.3. The van der Waals surface area contributed by atoms with E-state index in [4.69, 9.17) is 8.85 Å². The van der Waals surface area contributed by atoms with E-state index in [0.717, 1.165) is 12.8 Å². The van der Waals surface area contributed by atoms with Crippen molar-refractivity contribution < 1.29 is 19.1 Å². The molecule has 0 aliphatic heterocycles. The predicted molar refractivity (Wildman–Crippen MR) is 117 cm³/mol. The molecule has 0 unspecified atom stereocenters. The van der Waals surface area contributed by atoms with Crippen molar-refractivity contribution in [3.8, 4) is 0 Å². The Bertz CT molecular complexity index is 525. The molecular formula is C21H44O4Si2. The van der Waals surface area contributed by atoms with Gasteiger partial charge in [-0.05, 0) is 81.7 Å². The minimum atomic E-state index is -1.90. The zero-order chi connectivity index (χ0) is 21.0. The number of aliphatic hydroxyl groups excluding tert-OH is 2. The normalized spacial score (nSPS) is 41.3. The fourth-order valence-corrected chi connectivity index (χ4v) is 8.10. The highest BCUT2D eigenvalue weighted by molar-refractivity contribution is 6.74. The lowest BCUT2D eigenvalue weighted by atomic mass is 9.77. The van der Waals surface area contributed by atoms with Crippen LogP contribution in [0, 0.1) is 17.8 Å². The fraction of sp³-hybridized carbons (Fsp3) is 1.00. The molecule has 0 bridgehead atoms. The van der Waals surface area contributed by atoms with Gasteiger partial charge in [0.1, 0.15) is 0 Å². The van der Waals surface area contributed by atoms with Gasteiger partial charge in [-0.2, -0.15) is 0 Å². The highest BCUT2D eigenvalue weighted by Gasteiger charge is 2.57. The van der Waals surface area contributed by atoms with Gasteiger partial charge in [-0.3, -0.25) is 0 Å². The van der Waals surface area contributed by atoms with Gasteiger partial charge in [0.05, 0.1) is 17.8 Å². The third-order valence-corrected chi connectivity index (χ3v) is 13.0. The second kappa shape index (κ2) is 7.51. The summed E-state index contributed by atoms with van der Waals surface area (Å²) in [6.45, 7) is 22.5. The predicted octanol–water partition coefficient (Wildman–Crippen LogP) is 4.77. The summed E-state index contributed by atoms with van der Waals surface area (Å²) in [6, 6.07) is 0. The summed E-state index contributed by atoms with van der Waals surface area (Å²) in [4.78, 5) is 0. The summed E-state index contributed by atoms with van der Waals surface area (Å²) in [5.74, 6) is 0.469. The van der Waals surface area contributed by atoms with Crippen LogP contribution in [-0.2, 0) is 8.85 Å². The van der Waals surface area contributed by atoms with Crippen molar-refractivity contribution in [1.29, 1.82) is 0 Å². The molecule has 0 radical (unpaired) electrons. The van der Waals surface area contributed by atoms with Crippen LogP contribution in [0.5, 0.6) is 0 Å². The molecule has 0 amide bonds. The largest absolute Gasteiger partial charge is 0.414 e. The Hall–Kier alpha value is 0.274. The van der Waals surface area contributed by atoms with Crippen LogP contribution in [0.25, 0.3) is 0 Å². The van der Waals surface area contributed by atoms with Gasteiger partial charge in [0.2, 0.25) is 0 Å². The van der Waals surface area contributed by atoms with E-state index in [1.54, 1.807) is 0 Å². The van der Waals surface area contributed by atoms with Crippen molar-refractivity contribution in [3.63, 3.8) is 0 Å². The lowest BCUT2D eigenvalue weighted by Crippen LogP contribution is -2.48. The lowest BCUT2D eigenvalue weighted by Gasteiger charge is -2.42. The van der Waals surface area contributed by atoms with E-state index in [0.29, 0.717) is 6.42 Å². The Morgan fingerprint density at radius 1 is 1.04 bits per heavy atom. The summed E-state index contributed by atoms with van der Waals surface area (Å²) in [7, 11) is -3.66. The second-order valence-electron chi connectivity index (χ2n) is 11.8. The molecule has 2 aliphatic carbocycles. The molecule has 2 saturated carbocycles. The molecule has 0 aromatic rings. The maximum atomic E-state index is 11.0. The molecule has 0 heterocycles. The Morgan fingerprint density at radius 2 is 1.59 bits per heavy atom. The van der Waals surface area contributed by atoms with Crippen molar-refractivity contribution in [2.75, 3.05) is 0 Å². The van der Waals surface area contributed by atoms with Crippen molar-refractivity contribution in [2.45, 2.75) is 116 Å². The van der Waals surface area contributed by atoms with Crippen LogP contribution in [0.2, 0.25) is 37.8 Å². The standard InChI is InChI=1S/C21H44O4Si2/c1-14-17(24-27(9,10)20(2,3)4)13-15-18(14)19(23)16(22)11-12-21(15,5)25-26(6,7)8/h14-19,22-23H,11-13H2,1-10H3/t14-,15-,16-,17+,18+,19+,21-/m1/s1. The van der Waals surface area contributed by atoms with E-state index < -0.39 is 28.8 Å². The smallest absolute Gasteiger partial charge is 0.192 e. The van der Waals surface area contributed by atoms with Crippen molar-refractivity contribution in [3.05, 3.63) is 0 Å². The van der Waals surface area contributed by atoms with E-state index >= 15 is 0 Å². The minimum absolute atomic E-state index is 0.0265. The number of fused-ring (bicyclic) bond motifs is 1. The number of hydrogen-bond acceptors (Lipinski definition) is 4. The van der Waals surface area contributed by atoms with Crippen molar-refractivity contribution in [2.24, 2.45) is 17.8 Å². The van der Waals surface area contributed by atoms with E-state index in [1.165, 1.54) is 0 Å². The SMILES string of the molecule is C[C@H]1[C@@H]2[C@@H](O)[C@H](O)CC[C@@](C)(O[Si](C)(C)C)[C@@H]2C[C@@H]1O[Si](C)(C)C(C)(C)C. The Balaban J connectivity index is 2.35. The van der Waals surface area contributed by atoms with E-state index in [1.807, 2.05) is 0 Å². The first-order valence-electron chi connectivity index (χ1n) is 10.7. The third kappa shape index (κ3) is 4.89. The maximum Gasteiger partial charge on any atom is 0.192 e. The Morgan fingerprint density at radius 3 is 2.07 bits per heavy atom. The fourth-order valence-electron chi connectivity index (χ4n) is 5.03. The van der Waals surface area contributed by atoms with Gasteiger partial charge in [0.15, 0.2) is 16.6 Å². The number of rotatable bonds is 4. The first-order valence-corrected chi connectivity index (χ1v) is 17.0. The first kappa shape index (κ1) is 23.6. The summed E-state index contributed by atoms with van der Waals surface area (Å²) in [6.07, 6.45) is 1.10. The molecule has 2 N–H and O–H groups in total. The van der Waals surface area contributed by atoms with Crippen LogP contribution in [0.3, 0.4) is 0 Å². The van der Waals surface area contributed by atoms with Gasteiger partial charge in [0.25, 0.3) is 0 Å².